The minimum absolute atomic E-state index is 0.0566. The Balaban J connectivity index is 1.59. The minimum atomic E-state index is -1.38. The molecule has 290 valence electrons. The summed E-state index contributed by atoms with van der Waals surface area (Å²) in [7, 11) is 0. The van der Waals surface area contributed by atoms with Crippen LogP contribution in [0.15, 0.2) is 121 Å². The maximum atomic E-state index is 13.0. The number of ether oxygens (including phenoxy) is 1. The molecule has 2 rings (SSSR count). The number of carboxylic acid groups (broad SMARTS) is 1. The largest absolute Gasteiger partial charge is 0.480 e. The molecule has 2 aromatic rings. The Bertz CT molecular complexity index is 1620. The molecule has 0 aliphatic carbocycles. The number of hydrogen-bond acceptors (Lipinski definition) is 5. The zero-order valence-corrected chi connectivity index (χ0v) is 32.7. The number of benzene rings is 2. The van der Waals surface area contributed by atoms with E-state index in [1.165, 1.54) is 0 Å². The van der Waals surface area contributed by atoms with E-state index >= 15 is 0 Å². The van der Waals surface area contributed by atoms with Crippen molar-refractivity contribution in [3.05, 3.63) is 138 Å². The molecule has 3 N–H and O–H groups in total. The number of aliphatic carboxylic acids is 1. The van der Waals surface area contributed by atoms with Crippen LogP contribution in [0.1, 0.15) is 107 Å². The molecule has 1 unspecified atom stereocenters. The number of hydrogen-bond donors (Lipinski definition) is 3. The van der Waals surface area contributed by atoms with Crippen LogP contribution in [0.3, 0.4) is 0 Å². The summed E-state index contributed by atoms with van der Waals surface area (Å²) in [6.45, 7) is 5.65. The van der Waals surface area contributed by atoms with Gasteiger partial charge in [0.2, 0.25) is 5.91 Å². The van der Waals surface area contributed by atoms with Gasteiger partial charge in [-0.25, -0.2) is 4.79 Å². The van der Waals surface area contributed by atoms with Crippen LogP contribution in [0.25, 0.3) is 0 Å². The molecule has 2 amide bonds. The number of carbonyl (C=O) groups excluding carboxylic acids is 3. The molecule has 0 bridgehead atoms. The van der Waals surface area contributed by atoms with E-state index in [0.29, 0.717) is 54.1 Å². The lowest BCUT2D eigenvalue weighted by atomic mass is 10.0. The van der Waals surface area contributed by atoms with Crippen LogP contribution >= 0.6 is 11.6 Å². The monoisotopic (exact) mass is 756 g/mol. The van der Waals surface area contributed by atoms with Crippen molar-refractivity contribution < 1.29 is 29.0 Å². The topological polar surface area (TPSA) is 122 Å². The van der Waals surface area contributed by atoms with Gasteiger partial charge in [-0.1, -0.05) is 91.4 Å². The Morgan fingerprint density at radius 2 is 1.20 bits per heavy atom. The van der Waals surface area contributed by atoms with Crippen LogP contribution in [-0.4, -0.2) is 46.9 Å². The van der Waals surface area contributed by atoms with E-state index in [2.05, 4.69) is 84.4 Å². The molecule has 0 aliphatic rings. The highest BCUT2D eigenvalue weighted by atomic mass is 35.5. The van der Waals surface area contributed by atoms with Crippen molar-refractivity contribution in [3.63, 3.8) is 0 Å². The van der Waals surface area contributed by atoms with E-state index in [1.54, 1.807) is 62.4 Å². The SMILES string of the molecule is CCC=CCC=CCC=CCC=CCC=CCC=CCCC(=O)NCCCCC(NC(=O)C(C)(C)Oc1ccc(C(=O)c2ccc(Cl)cc2)cc1)C(=O)O. The molecule has 0 aliphatic heterocycles. The lowest BCUT2D eigenvalue weighted by Gasteiger charge is -2.27. The molecule has 0 heterocycles. The van der Waals surface area contributed by atoms with Gasteiger partial charge >= 0.3 is 5.97 Å². The quantitative estimate of drug-likeness (QED) is 0.0499. The Labute approximate surface area is 326 Å². The smallest absolute Gasteiger partial charge is 0.326 e. The minimum Gasteiger partial charge on any atom is -0.480 e. The Hall–Kier alpha value is -4.95. The third-order valence-electron chi connectivity index (χ3n) is 8.12. The molecule has 0 radical (unpaired) electrons. The fraction of sp³-hybridized carbons (Fsp3) is 0.378. The maximum Gasteiger partial charge on any atom is 0.326 e. The number of nitrogens with one attached hydrogen (secondary N) is 2. The fourth-order valence-electron chi connectivity index (χ4n) is 5.02. The number of rotatable bonds is 26. The van der Waals surface area contributed by atoms with Gasteiger partial charge < -0.3 is 20.5 Å². The number of ketones is 1. The summed E-state index contributed by atoms with van der Waals surface area (Å²) in [6, 6.07) is 11.9. The molecule has 0 saturated carbocycles. The summed E-state index contributed by atoms with van der Waals surface area (Å²) in [5.41, 5.74) is -0.447. The van der Waals surface area contributed by atoms with E-state index < -0.39 is 23.5 Å². The normalized spacial score (nSPS) is 12.8. The number of unbranched alkanes of at least 4 members (excludes halogenated alkanes) is 1. The highest BCUT2D eigenvalue weighted by molar-refractivity contribution is 6.30. The average molecular weight is 757 g/mol. The van der Waals surface area contributed by atoms with Gasteiger partial charge in [-0.2, -0.15) is 0 Å². The van der Waals surface area contributed by atoms with E-state index in [0.717, 1.165) is 38.5 Å². The van der Waals surface area contributed by atoms with Crippen LogP contribution < -0.4 is 15.4 Å². The summed E-state index contributed by atoms with van der Waals surface area (Å²) >= 11 is 5.91. The Kier molecular flexibility index (Phi) is 22.4. The Morgan fingerprint density at radius 1 is 0.722 bits per heavy atom. The van der Waals surface area contributed by atoms with Crippen molar-refractivity contribution in [1.29, 1.82) is 0 Å². The molecule has 8 nitrogen and oxygen atoms in total. The first-order valence-electron chi connectivity index (χ1n) is 18.8. The van der Waals surface area contributed by atoms with Crippen molar-refractivity contribution >= 4 is 35.2 Å². The highest BCUT2D eigenvalue weighted by Gasteiger charge is 2.33. The van der Waals surface area contributed by atoms with Crippen molar-refractivity contribution in [2.45, 2.75) is 103 Å². The van der Waals surface area contributed by atoms with Gasteiger partial charge in [-0.05, 0) is 127 Å². The summed E-state index contributed by atoms with van der Waals surface area (Å²) < 4.78 is 5.88. The molecule has 9 heteroatoms. The summed E-state index contributed by atoms with van der Waals surface area (Å²) in [5, 5.41) is 15.7. The fourth-order valence-corrected chi connectivity index (χ4v) is 5.14. The van der Waals surface area contributed by atoms with E-state index in [4.69, 9.17) is 16.3 Å². The number of carboxylic acids is 1. The van der Waals surface area contributed by atoms with E-state index in [1.807, 2.05) is 6.08 Å². The van der Waals surface area contributed by atoms with Crippen molar-refractivity contribution in [3.8, 4) is 5.75 Å². The van der Waals surface area contributed by atoms with Crippen molar-refractivity contribution in [1.82, 2.24) is 10.6 Å². The van der Waals surface area contributed by atoms with Crippen LogP contribution in [-0.2, 0) is 14.4 Å². The van der Waals surface area contributed by atoms with Crippen molar-refractivity contribution in [2.75, 3.05) is 6.54 Å². The van der Waals surface area contributed by atoms with Crippen LogP contribution in [0.5, 0.6) is 5.75 Å². The van der Waals surface area contributed by atoms with Gasteiger partial charge in [0.25, 0.3) is 5.91 Å². The zero-order valence-electron chi connectivity index (χ0n) is 32.0. The van der Waals surface area contributed by atoms with E-state index in [-0.39, 0.29) is 18.1 Å². The average Bonchev–Trinajstić information content (AvgIpc) is 3.15. The number of carbonyl (C=O) groups is 4. The van der Waals surface area contributed by atoms with Gasteiger partial charge in [0.15, 0.2) is 11.4 Å². The predicted molar refractivity (Wildman–Crippen MR) is 220 cm³/mol. The highest BCUT2D eigenvalue weighted by Crippen LogP contribution is 2.22. The zero-order chi connectivity index (χ0) is 39.4. The summed E-state index contributed by atoms with van der Waals surface area (Å²) in [4.78, 5) is 49.8. The first-order chi connectivity index (χ1) is 26.0. The molecule has 0 aromatic heterocycles. The second-order valence-electron chi connectivity index (χ2n) is 13.1. The first-order valence-corrected chi connectivity index (χ1v) is 19.2. The second-order valence-corrected chi connectivity index (χ2v) is 13.6. The van der Waals surface area contributed by atoms with Crippen LogP contribution in [0.4, 0.5) is 0 Å². The van der Waals surface area contributed by atoms with Gasteiger partial charge in [0.1, 0.15) is 11.8 Å². The summed E-state index contributed by atoms with van der Waals surface area (Å²) in [6.07, 6.45) is 33.8. The van der Waals surface area contributed by atoms with Gasteiger partial charge in [0, 0.05) is 29.1 Å². The summed E-state index contributed by atoms with van der Waals surface area (Å²) in [5.74, 6) is -1.62. The molecule has 0 spiro atoms. The number of allylic oxidation sites excluding steroid dienone is 12. The molecule has 0 fully saturated rings. The molecule has 54 heavy (non-hydrogen) atoms. The molecule has 1 atom stereocenters. The van der Waals surface area contributed by atoms with Crippen LogP contribution in [0.2, 0.25) is 5.02 Å². The van der Waals surface area contributed by atoms with Crippen LogP contribution in [0, 0.1) is 0 Å². The maximum absolute atomic E-state index is 13.0. The van der Waals surface area contributed by atoms with Crippen molar-refractivity contribution in [2.24, 2.45) is 0 Å². The van der Waals surface area contributed by atoms with Gasteiger partial charge in [-0.15, -0.1) is 0 Å². The van der Waals surface area contributed by atoms with Gasteiger partial charge in [-0.3, -0.25) is 14.4 Å². The standard InChI is InChI=1S/C45H57ClN2O6/c1-4-5-6-7-8-9-10-11-12-13-14-15-16-17-18-19-20-21-22-26-41(49)47-35-24-23-25-40(43(51)52)48-44(53)45(2,3)54-39-33-29-37(30-34-39)42(50)36-27-31-38(46)32-28-36/h5-6,8-9,11-12,14-15,17-18,20-21,27-34,40H,4,7,10,13,16,19,22-26,35H2,1-3H3,(H,47,49)(H,48,53)(H,51,52). The lowest BCUT2D eigenvalue weighted by Crippen LogP contribution is -2.52. The third-order valence-corrected chi connectivity index (χ3v) is 8.37. The predicted octanol–water partition coefficient (Wildman–Crippen LogP) is 10.1. The molecular formula is C45H57ClN2O6. The van der Waals surface area contributed by atoms with Gasteiger partial charge in [0.05, 0.1) is 0 Å². The molecule has 0 saturated heterocycles. The number of halogens is 1. The van der Waals surface area contributed by atoms with E-state index in [9.17, 15) is 24.3 Å². The molecule has 2 aromatic carbocycles. The molecular weight excluding hydrogens is 700 g/mol. The Morgan fingerprint density at radius 3 is 1.70 bits per heavy atom. The lowest BCUT2D eigenvalue weighted by molar-refractivity contribution is -0.145. The second kappa shape index (κ2) is 26.8. The first kappa shape index (κ1) is 45.2. The third kappa shape index (κ3) is 19.8. The number of amides is 2.